The van der Waals surface area contributed by atoms with Crippen molar-refractivity contribution in [3.63, 3.8) is 0 Å². The molecule has 0 radical (unpaired) electrons. The Morgan fingerprint density at radius 2 is 2.44 bits per heavy atom. The summed E-state index contributed by atoms with van der Waals surface area (Å²) in [5, 5.41) is 1.48. The van der Waals surface area contributed by atoms with E-state index in [2.05, 4.69) is 17.2 Å². The van der Waals surface area contributed by atoms with Gasteiger partial charge in [-0.1, -0.05) is 12.2 Å². The Balaban J connectivity index is 3.24. The minimum Gasteiger partial charge on any atom is -0.369 e. The summed E-state index contributed by atoms with van der Waals surface area (Å²) in [6.07, 6.45) is 1.66. The minimum absolute atomic E-state index is 0.198. The number of amides is 1. The highest BCUT2D eigenvalue weighted by molar-refractivity contribution is 7.79. The van der Waals surface area contributed by atoms with Crippen LogP contribution in [0.15, 0.2) is 4.99 Å². The van der Waals surface area contributed by atoms with Gasteiger partial charge in [-0.2, -0.15) is 0 Å². The first kappa shape index (κ1) is 8.23. The Labute approximate surface area is 59.0 Å². The highest BCUT2D eigenvalue weighted by atomic mass is 32.1. The molecule has 0 aliphatic carbocycles. The number of nitrogens with zero attached hydrogens (tertiary/aromatic N) is 1. The van der Waals surface area contributed by atoms with E-state index in [9.17, 15) is 4.79 Å². The van der Waals surface area contributed by atoms with E-state index in [-0.39, 0.29) is 12.3 Å². The molecule has 0 atom stereocenters. The third-order valence-electron chi connectivity index (χ3n) is 0.602. The zero-order valence-electron chi connectivity index (χ0n) is 4.91. The van der Waals surface area contributed by atoms with E-state index in [1.165, 1.54) is 11.6 Å². The van der Waals surface area contributed by atoms with Crippen molar-refractivity contribution in [1.82, 2.24) is 0 Å². The molecule has 0 aromatic heterocycles. The number of hydrogen-bond donors (Lipinski definition) is 1. The molecule has 0 aliphatic heterocycles. The Bertz CT molecular complexity index is 133. The lowest BCUT2D eigenvalue weighted by atomic mass is 10.4. The highest BCUT2D eigenvalue weighted by Crippen LogP contribution is 1.70. The minimum atomic E-state index is -0.372. The third kappa shape index (κ3) is 7.23. The van der Waals surface area contributed by atoms with Crippen molar-refractivity contribution in [2.45, 2.75) is 6.42 Å². The van der Waals surface area contributed by atoms with Crippen LogP contribution in [0.5, 0.6) is 0 Å². The third-order valence-corrected chi connectivity index (χ3v) is 0.751. The fourth-order valence-electron chi connectivity index (χ4n) is 0.272. The molecular weight excluding hydrogens is 136 g/mol. The molecule has 3 nitrogen and oxygen atoms in total. The van der Waals surface area contributed by atoms with Crippen molar-refractivity contribution in [3.05, 3.63) is 0 Å². The van der Waals surface area contributed by atoms with E-state index in [0.717, 1.165) is 0 Å². The lowest BCUT2D eigenvalue weighted by Crippen LogP contribution is -2.10. The molecule has 0 fully saturated rings. The molecule has 0 unspecified atom stereocenters. The van der Waals surface area contributed by atoms with Gasteiger partial charge in [0.15, 0.2) is 0 Å². The van der Waals surface area contributed by atoms with Crippen LogP contribution in [0.2, 0.25) is 0 Å². The molecule has 0 spiro atoms. The van der Waals surface area contributed by atoms with Crippen molar-refractivity contribution in [2.24, 2.45) is 10.7 Å². The van der Waals surface area contributed by atoms with Gasteiger partial charge in [0.1, 0.15) is 0 Å². The molecule has 0 rings (SSSR count). The molecule has 50 valence electrons. The molecule has 4 heteroatoms. The average Bonchev–Trinajstić information content (AvgIpc) is 1.80. The van der Waals surface area contributed by atoms with Crippen molar-refractivity contribution >= 4 is 29.7 Å². The first-order valence-corrected chi connectivity index (χ1v) is 2.94. The Morgan fingerprint density at radius 1 is 1.78 bits per heavy atom. The summed E-state index contributed by atoms with van der Waals surface area (Å²) >= 11 is 4.48. The molecule has 9 heavy (non-hydrogen) atoms. The number of thiocarbonyl (C=S) groups is 1. The molecule has 0 bridgehead atoms. The summed E-state index contributed by atoms with van der Waals surface area (Å²) in [6, 6.07) is 0. The summed E-state index contributed by atoms with van der Waals surface area (Å²) in [6.45, 7) is 0.475. The van der Waals surface area contributed by atoms with Gasteiger partial charge in [-0.15, -0.1) is 0 Å². The number of carbonyl (C=O) groups excluding carboxylic acids is 1. The van der Waals surface area contributed by atoms with Gasteiger partial charge < -0.3 is 5.73 Å². The van der Waals surface area contributed by atoms with Gasteiger partial charge in [-0.25, -0.2) is 0 Å². The Morgan fingerprint density at radius 3 is 2.89 bits per heavy atom. The van der Waals surface area contributed by atoms with Crippen LogP contribution >= 0.6 is 12.2 Å². The maximum absolute atomic E-state index is 10.1. The van der Waals surface area contributed by atoms with E-state index in [1.54, 1.807) is 0 Å². The number of hydrogen-bond acceptors (Lipinski definition) is 3. The summed E-state index contributed by atoms with van der Waals surface area (Å²) in [5.41, 5.74) is 4.81. The second-order valence-corrected chi connectivity index (χ2v) is 1.72. The summed E-state index contributed by atoms with van der Waals surface area (Å²) in [5.74, 6) is -0.372. The van der Waals surface area contributed by atoms with Gasteiger partial charge >= 0.3 is 0 Å². The normalized spacial score (nSPS) is 9.78. The maximum atomic E-state index is 10.1. The molecule has 2 N–H and O–H groups in total. The van der Waals surface area contributed by atoms with Crippen LogP contribution in [0.3, 0.4) is 0 Å². The van der Waals surface area contributed by atoms with Gasteiger partial charge in [-0.05, 0) is 0 Å². The molecule has 0 saturated heterocycles. The average molecular weight is 144 g/mol. The fraction of sp³-hybridized carbons (Fsp3) is 0.400. The van der Waals surface area contributed by atoms with Crippen LogP contribution in [0, 0.1) is 0 Å². The Hall–Kier alpha value is -0.770. The standard InChI is InChI=1S/C5H8N2OS/c6-5(8)1-2-7-3-4-9/h2,4H,1,3H2,(H2,6,8). The number of carbonyl (C=O) groups is 1. The van der Waals surface area contributed by atoms with E-state index < -0.39 is 0 Å². The molecule has 1 amide bonds. The van der Waals surface area contributed by atoms with Crippen molar-refractivity contribution in [3.8, 4) is 0 Å². The first-order chi connectivity index (χ1) is 4.27. The van der Waals surface area contributed by atoms with Gasteiger partial charge in [0.25, 0.3) is 0 Å². The summed E-state index contributed by atoms with van der Waals surface area (Å²) in [4.78, 5) is 13.8. The zero-order valence-corrected chi connectivity index (χ0v) is 5.73. The molecule has 0 aliphatic rings. The quantitative estimate of drug-likeness (QED) is 0.443. The summed E-state index contributed by atoms with van der Waals surface area (Å²) < 4.78 is 0. The largest absolute Gasteiger partial charge is 0.369 e. The van der Waals surface area contributed by atoms with Crippen LogP contribution in [-0.4, -0.2) is 24.0 Å². The van der Waals surface area contributed by atoms with E-state index in [4.69, 9.17) is 5.73 Å². The predicted octanol–water partition coefficient (Wildman–Crippen LogP) is -0.0677. The summed E-state index contributed by atoms with van der Waals surface area (Å²) in [7, 11) is 0. The second-order valence-electron chi connectivity index (χ2n) is 1.38. The fourth-order valence-corrected chi connectivity index (χ4v) is 0.358. The smallest absolute Gasteiger partial charge is 0.222 e. The first-order valence-electron chi connectivity index (χ1n) is 2.47. The van der Waals surface area contributed by atoms with E-state index in [1.807, 2.05) is 0 Å². The van der Waals surface area contributed by atoms with Gasteiger partial charge in [0, 0.05) is 11.6 Å². The van der Waals surface area contributed by atoms with E-state index >= 15 is 0 Å². The van der Waals surface area contributed by atoms with Crippen molar-refractivity contribution < 1.29 is 4.79 Å². The van der Waals surface area contributed by atoms with Gasteiger partial charge in [0.05, 0.1) is 13.0 Å². The maximum Gasteiger partial charge on any atom is 0.222 e. The van der Waals surface area contributed by atoms with Crippen LogP contribution < -0.4 is 5.73 Å². The molecule has 0 aromatic rings. The lowest BCUT2D eigenvalue weighted by Gasteiger charge is -1.81. The monoisotopic (exact) mass is 144 g/mol. The Kier molecular flexibility index (Phi) is 4.91. The van der Waals surface area contributed by atoms with Crippen LogP contribution in [0.1, 0.15) is 6.42 Å². The van der Waals surface area contributed by atoms with Crippen LogP contribution in [0.4, 0.5) is 0 Å². The molecular formula is C5H8N2OS. The number of primary amides is 1. The van der Waals surface area contributed by atoms with Gasteiger partial charge in [0.2, 0.25) is 5.91 Å². The molecule has 0 aromatic carbocycles. The highest BCUT2D eigenvalue weighted by Gasteiger charge is 1.84. The van der Waals surface area contributed by atoms with Gasteiger partial charge in [-0.3, -0.25) is 9.79 Å². The molecule has 0 saturated carbocycles. The number of nitrogens with two attached hydrogens (primary N) is 1. The van der Waals surface area contributed by atoms with E-state index in [0.29, 0.717) is 6.54 Å². The lowest BCUT2D eigenvalue weighted by molar-refractivity contribution is -0.116. The molecule has 0 heterocycles. The number of aliphatic imine (C=N–C) groups is 1. The number of rotatable bonds is 4. The predicted molar refractivity (Wildman–Crippen MR) is 40.8 cm³/mol. The van der Waals surface area contributed by atoms with Crippen molar-refractivity contribution in [2.75, 3.05) is 6.54 Å². The van der Waals surface area contributed by atoms with Crippen LogP contribution in [0.25, 0.3) is 0 Å². The van der Waals surface area contributed by atoms with Crippen LogP contribution in [-0.2, 0) is 4.79 Å². The SMILES string of the molecule is NC(=O)CC=NCC=S. The zero-order chi connectivity index (χ0) is 7.11. The van der Waals surface area contributed by atoms with Crippen molar-refractivity contribution in [1.29, 1.82) is 0 Å². The second kappa shape index (κ2) is 5.37. The topological polar surface area (TPSA) is 55.5 Å².